The third-order valence-electron chi connectivity index (χ3n) is 11.7. The number of aliphatic hydroxyl groups is 4. The van der Waals surface area contributed by atoms with Gasteiger partial charge in [0.25, 0.3) is 5.91 Å². The summed E-state index contributed by atoms with van der Waals surface area (Å²) in [5.74, 6) is -2.60. The molecule has 21 nitrogen and oxygen atoms in total. The first kappa shape index (κ1) is 55.6. The molecule has 0 radical (unpaired) electrons. The second-order valence-corrected chi connectivity index (χ2v) is 22.6. The number of nitrogens with one attached hydrogen (secondary N) is 2. The van der Waals surface area contributed by atoms with E-state index in [-0.39, 0.29) is 38.8 Å². The minimum absolute atomic E-state index is 0.0195. The zero-order valence-electron chi connectivity index (χ0n) is 41.9. The Bertz CT molecular complexity index is 1800. The number of alkyl carbamates (subject to hydrolysis) is 1. The van der Waals surface area contributed by atoms with Crippen LogP contribution in [-0.2, 0) is 42.7 Å². The molecule has 0 aromatic rings. The summed E-state index contributed by atoms with van der Waals surface area (Å²) in [6.45, 7) is 20.7. The summed E-state index contributed by atoms with van der Waals surface area (Å²) < 4.78 is 41.2. The van der Waals surface area contributed by atoms with Crippen LogP contribution in [0.2, 0.25) is 0 Å². The molecule has 4 amide bonds. The molecule has 12 unspecified atom stereocenters. The molecule has 1 aliphatic carbocycles. The van der Waals surface area contributed by atoms with Crippen LogP contribution in [0.3, 0.4) is 0 Å². The number of likely N-dealkylation sites (N-methyl/N-ethyl adjacent to an activating group) is 1. The molecule has 0 aromatic heterocycles. The monoisotopic (exact) mass is 958 g/mol. The quantitative estimate of drug-likeness (QED) is 0.116. The largest absolute Gasteiger partial charge is 0.493 e. The van der Waals surface area contributed by atoms with Crippen molar-refractivity contribution in [3.05, 3.63) is 11.8 Å². The van der Waals surface area contributed by atoms with Gasteiger partial charge in [-0.1, -0.05) is 0 Å². The van der Waals surface area contributed by atoms with Gasteiger partial charge >= 0.3 is 24.2 Å². The highest BCUT2D eigenvalue weighted by Crippen LogP contribution is 2.42. The molecule has 0 bridgehead atoms. The van der Waals surface area contributed by atoms with E-state index in [9.17, 15) is 44.4 Å². The van der Waals surface area contributed by atoms with Crippen molar-refractivity contribution in [2.75, 3.05) is 33.3 Å². The van der Waals surface area contributed by atoms with Gasteiger partial charge in [-0.2, -0.15) is 0 Å². The molecule has 3 fully saturated rings. The summed E-state index contributed by atoms with van der Waals surface area (Å²) in [6, 6.07) is -3.74. The number of likely N-dealkylation sites (tertiary alicyclic amines) is 1. The Kier molecular flexibility index (Phi) is 17.4. The Labute approximate surface area is 394 Å². The van der Waals surface area contributed by atoms with E-state index in [1.165, 1.54) is 18.9 Å². The predicted molar refractivity (Wildman–Crippen MR) is 241 cm³/mol. The minimum atomic E-state index is -2.14. The van der Waals surface area contributed by atoms with E-state index in [2.05, 4.69) is 10.6 Å². The molecule has 67 heavy (non-hydrogen) atoms. The lowest BCUT2D eigenvalue weighted by atomic mass is 9.70. The summed E-state index contributed by atoms with van der Waals surface area (Å²) in [4.78, 5) is 69.6. The van der Waals surface area contributed by atoms with Crippen molar-refractivity contribution in [1.82, 2.24) is 20.4 Å². The van der Waals surface area contributed by atoms with E-state index in [1.807, 2.05) is 0 Å². The van der Waals surface area contributed by atoms with E-state index in [1.54, 1.807) is 89.2 Å². The van der Waals surface area contributed by atoms with Gasteiger partial charge in [0.1, 0.15) is 52.1 Å². The van der Waals surface area contributed by atoms with E-state index in [0.29, 0.717) is 12.2 Å². The van der Waals surface area contributed by atoms with Crippen LogP contribution >= 0.6 is 0 Å². The van der Waals surface area contributed by atoms with Gasteiger partial charge in [0.05, 0.1) is 37.9 Å². The number of β-amino-alcohol motifs (C(OH)–C–C–N with tert-alkyl or cyclic N) is 1. The molecule has 3 heterocycles. The smallest absolute Gasteiger partial charge is 0.410 e. The molecule has 12 atom stereocenters. The van der Waals surface area contributed by atoms with Crippen LogP contribution in [0.25, 0.3) is 0 Å². The van der Waals surface area contributed by atoms with Crippen molar-refractivity contribution < 1.29 is 77.6 Å². The standard InChI is InChI=1S/C46H79N5O16/c1-41(2,3)64-29(52)18-16-25-15-17-26(22-47)62-33(25)30-27(49-38(56)65-42(4,5)6)21-28(48-37(55)46(60)19-20-51(23-46)40(58)67-44(10,11)12)34(31(30)53)63-36-32(54)35(45(13,59)24-61-36)50(14)39(57)66-43(7,8)9/h17,25,27-28,30-36,53-54,59-60H,15-16,18-24,47H2,1-14H3,(H,48,55)(H,49,56). The first-order valence-electron chi connectivity index (χ1n) is 23.1. The van der Waals surface area contributed by atoms with Crippen molar-refractivity contribution in [3.8, 4) is 0 Å². The van der Waals surface area contributed by atoms with E-state index >= 15 is 0 Å². The Morgan fingerprint density at radius 2 is 1.46 bits per heavy atom. The second-order valence-electron chi connectivity index (χ2n) is 22.6. The van der Waals surface area contributed by atoms with Crippen molar-refractivity contribution in [3.63, 3.8) is 0 Å². The number of nitrogens with two attached hydrogens (primary N) is 1. The number of allylic oxidation sites excluding steroid dienone is 1. The molecular weight excluding hydrogens is 879 g/mol. The third kappa shape index (κ3) is 15.2. The number of esters is 1. The Balaban J connectivity index is 1.80. The minimum Gasteiger partial charge on any atom is -0.493 e. The molecule has 3 aliphatic heterocycles. The third-order valence-corrected chi connectivity index (χ3v) is 11.7. The lowest BCUT2D eigenvalue weighted by molar-refractivity contribution is -0.306. The van der Waals surface area contributed by atoms with E-state index < -0.39 is 138 Å². The number of rotatable bonds is 11. The summed E-state index contributed by atoms with van der Waals surface area (Å²) >= 11 is 0. The first-order chi connectivity index (χ1) is 30.5. The van der Waals surface area contributed by atoms with Crippen LogP contribution in [0.5, 0.6) is 0 Å². The van der Waals surface area contributed by atoms with Crippen molar-refractivity contribution in [2.24, 2.45) is 17.6 Å². The number of hydrogen-bond donors (Lipinski definition) is 7. The van der Waals surface area contributed by atoms with Gasteiger partial charge in [0.15, 0.2) is 11.9 Å². The lowest BCUT2D eigenvalue weighted by Crippen LogP contribution is -2.70. The fraction of sp³-hybridized carbons (Fsp3) is 0.848. The highest BCUT2D eigenvalue weighted by atomic mass is 16.7. The fourth-order valence-corrected chi connectivity index (χ4v) is 8.94. The molecule has 8 N–H and O–H groups in total. The average molecular weight is 958 g/mol. The number of carbonyl (C=O) groups is 5. The topological polar surface area (TPSA) is 287 Å². The fourth-order valence-electron chi connectivity index (χ4n) is 8.94. The zero-order valence-corrected chi connectivity index (χ0v) is 41.9. The van der Waals surface area contributed by atoms with Crippen LogP contribution in [0, 0.1) is 11.8 Å². The second kappa shape index (κ2) is 20.9. The molecule has 2 saturated heterocycles. The maximum absolute atomic E-state index is 14.3. The maximum Gasteiger partial charge on any atom is 0.410 e. The van der Waals surface area contributed by atoms with Crippen molar-refractivity contribution in [1.29, 1.82) is 0 Å². The summed E-state index contributed by atoms with van der Waals surface area (Å²) in [5.41, 5.74) is -1.39. The Morgan fingerprint density at radius 1 is 0.866 bits per heavy atom. The Hall–Kier alpha value is -3.99. The van der Waals surface area contributed by atoms with E-state index in [0.717, 1.165) is 4.90 Å². The zero-order chi connectivity index (χ0) is 50.8. The van der Waals surface area contributed by atoms with Crippen LogP contribution in [0.1, 0.15) is 122 Å². The van der Waals surface area contributed by atoms with Gasteiger partial charge in [-0.15, -0.1) is 0 Å². The number of aliphatic hydroxyl groups excluding tert-OH is 2. The highest BCUT2D eigenvalue weighted by Gasteiger charge is 2.57. The summed E-state index contributed by atoms with van der Waals surface area (Å²) in [6.07, 6.45) is -8.16. The molecular formula is C46H79N5O16. The first-order valence-corrected chi connectivity index (χ1v) is 23.1. The number of carbonyl (C=O) groups excluding carboxylic acids is 5. The van der Waals surface area contributed by atoms with Gasteiger partial charge in [-0.05, 0) is 115 Å². The normalized spacial score (nSPS) is 32.8. The molecule has 21 heteroatoms. The van der Waals surface area contributed by atoms with Gasteiger partial charge in [-0.3, -0.25) is 9.59 Å². The molecule has 0 spiro atoms. The van der Waals surface area contributed by atoms with Crippen LogP contribution in [0.15, 0.2) is 11.8 Å². The average Bonchev–Trinajstić information content (AvgIpc) is 3.57. The number of amides is 4. The predicted octanol–water partition coefficient (Wildman–Crippen LogP) is 2.58. The SMILES string of the molecule is CN(C(=O)OC(C)(C)C)C1C(O)C(OC2C(NC(=O)C3(O)CCN(C(=O)OC(C)(C)C)C3)CC(NC(=O)OC(C)(C)C)C(C3OC(CN)=CCC3CCC(=O)OC(C)(C)C)C2O)OCC1(C)O. The van der Waals surface area contributed by atoms with E-state index in [4.69, 9.17) is 38.9 Å². The number of nitrogens with zero attached hydrogens (tertiary/aromatic N) is 2. The number of hydrogen-bond acceptors (Lipinski definition) is 17. The van der Waals surface area contributed by atoms with Gasteiger partial charge in [0.2, 0.25) is 0 Å². The van der Waals surface area contributed by atoms with Crippen molar-refractivity contribution in [2.45, 2.75) is 205 Å². The van der Waals surface area contributed by atoms with Gasteiger partial charge < -0.3 is 79.8 Å². The van der Waals surface area contributed by atoms with Crippen LogP contribution in [0.4, 0.5) is 14.4 Å². The molecule has 1 saturated carbocycles. The number of ether oxygens (including phenoxy) is 7. The summed E-state index contributed by atoms with van der Waals surface area (Å²) in [5, 5.41) is 53.8. The van der Waals surface area contributed by atoms with Crippen molar-refractivity contribution >= 4 is 30.2 Å². The molecule has 0 aromatic carbocycles. The maximum atomic E-state index is 14.3. The van der Waals surface area contributed by atoms with Gasteiger partial charge in [0, 0.05) is 44.3 Å². The Morgan fingerprint density at radius 3 is 2.03 bits per heavy atom. The van der Waals surface area contributed by atoms with Crippen LogP contribution < -0.4 is 16.4 Å². The molecule has 384 valence electrons. The van der Waals surface area contributed by atoms with Gasteiger partial charge in [-0.25, -0.2) is 14.4 Å². The van der Waals surface area contributed by atoms with Crippen LogP contribution in [-0.4, -0.2) is 176 Å². The molecule has 4 aliphatic rings. The lowest BCUT2D eigenvalue weighted by Gasteiger charge is -2.52. The highest BCUT2D eigenvalue weighted by molar-refractivity contribution is 5.87. The molecule has 4 rings (SSSR count). The summed E-state index contributed by atoms with van der Waals surface area (Å²) in [7, 11) is 1.34.